The summed E-state index contributed by atoms with van der Waals surface area (Å²) in [4.78, 5) is 12.3. The van der Waals surface area contributed by atoms with Crippen molar-refractivity contribution in [3.05, 3.63) is 130 Å². The highest BCUT2D eigenvalue weighted by Crippen LogP contribution is 2.32. The second-order valence-corrected chi connectivity index (χ2v) is 8.97. The third-order valence-corrected chi connectivity index (χ3v) is 5.67. The van der Waals surface area contributed by atoms with Crippen molar-refractivity contribution < 1.29 is 18.0 Å². The van der Waals surface area contributed by atoms with Crippen molar-refractivity contribution in [1.29, 1.82) is 0 Å². The summed E-state index contributed by atoms with van der Waals surface area (Å²) in [5.74, 6) is 4.54. The number of rotatable bonds is 10. The van der Waals surface area contributed by atoms with Gasteiger partial charge in [-0.1, -0.05) is 65.8 Å². The number of hydrogen-bond acceptors (Lipinski definition) is 5. The van der Waals surface area contributed by atoms with Gasteiger partial charge in [-0.25, -0.2) is 11.4 Å². The van der Waals surface area contributed by atoms with Gasteiger partial charge in [-0.3, -0.25) is 4.79 Å². The van der Waals surface area contributed by atoms with E-state index in [4.69, 9.17) is 29.0 Å². The lowest BCUT2D eigenvalue weighted by Crippen LogP contribution is -2.22. The SMILES string of the molecule is C=C(/N=N\NN)NC(=O)c1ccc(CN/C(=C\C(=C)c2cccc(C(F)(F)F)c2)c2cc(Cl)cc(Cl)c2)cc1. The molecule has 202 valence electrons. The maximum atomic E-state index is 13.2. The van der Waals surface area contributed by atoms with Crippen LogP contribution in [-0.4, -0.2) is 5.91 Å². The number of carbonyl (C=O) groups excluding carboxylic acids is 1. The number of nitrogens with one attached hydrogen (secondary N) is 3. The van der Waals surface area contributed by atoms with Gasteiger partial charge in [0.1, 0.15) is 5.82 Å². The first-order chi connectivity index (χ1) is 18.5. The molecule has 7 nitrogen and oxygen atoms in total. The quantitative estimate of drug-likeness (QED) is 0.0915. The monoisotopic (exact) mass is 574 g/mol. The zero-order valence-electron chi connectivity index (χ0n) is 20.3. The first-order valence-electron chi connectivity index (χ1n) is 11.2. The van der Waals surface area contributed by atoms with Crippen LogP contribution in [0.2, 0.25) is 10.0 Å². The van der Waals surface area contributed by atoms with E-state index in [1.54, 1.807) is 54.6 Å². The molecule has 0 aliphatic carbocycles. The van der Waals surface area contributed by atoms with Gasteiger partial charge in [0.05, 0.1) is 5.56 Å². The van der Waals surface area contributed by atoms with Gasteiger partial charge < -0.3 is 10.6 Å². The van der Waals surface area contributed by atoms with Crippen LogP contribution >= 0.6 is 23.2 Å². The molecular weight excluding hydrogens is 552 g/mol. The predicted octanol–water partition coefficient (Wildman–Crippen LogP) is 6.89. The second kappa shape index (κ2) is 13.1. The van der Waals surface area contributed by atoms with Crippen LogP contribution in [0.4, 0.5) is 13.2 Å². The lowest BCUT2D eigenvalue weighted by atomic mass is 10.0. The van der Waals surface area contributed by atoms with Crippen LogP contribution < -0.4 is 22.0 Å². The minimum Gasteiger partial charge on any atom is -0.380 e. The highest BCUT2D eigenvalue weighted by Gasteiger charge is 2.30. The van der Waals surface area contributed by atoms with E-state index in [2.05, 4.69) is 34.1 Å². The normalized spacial score (nSPS) is 11.8. The number of nitrogens with zero attached hydrogens (tertiary/aromatic N) is 2. The van der Waals surface area contributed by atoms with Gasteiger partial charge in [0.15, 0.2) is 0 Å². The van der Waals surface area contributed by atoms with Crippen LogP contribution in [0, 0.1) is 0 Å². The molecule has 0 radical (unpaired) electrons. The van der Waals surface area contributed by atoms with Crippen molar-refractivity contribution >= 4 is 40.4 Å². The smallest absolute Gasteiger partial charge is 0.380 e. The molecule has 0 aliphatic heterocycles. The Hall–Kier alpha value is -4.12. The molecule has 0 aromatic heterocycles. The van der Waals surface area contributed by atoms with Gasteiger partial charge in [0, 0.05) is 33.4 Å². The summed E-state index contributed by atoms with van der Waals surface area (Å²) >= 11 is 12.4. The Balaban J connectivity index is 1.83. The molecule has 12 heteroatoms. The molecule has 0 aliphatic rings. The fraction of sp³-hybridized carbons (Fsp3) is 0.0741. The van der Waals surface area contributed by atoms with E-state index in [9.17, 15) is 18.0 Å². The van der Waals surface area contributed by atoms with Gasteiger partial charge in [-0.15, -0.1) is 5.11 Å². The maximum absolute atomic E-state index is 13.2. The van der Waals surface area contributed by atoms with Crippen molar-refractivity contribution in [2.24, 2.45) is 16.2 Å². The number of amides is 1. The molecule has 0 spiro atoms. The van der Waals surface area contributed by atoms with Gasteiger partial charge in [-0.2, -0.15) is 13.2 Å². The first-order valence-corrected chi connectivity index (χ1v) is 12.0. The van der Waals surface area contributed by atoms with Gasteiger partial charge in [0.2, 0.25) is 0 Å². The van der Waals surface area contributed by atoms with Crippen molar-refractivity contribution in [3.8, 4) is 0 Å². The lowest BCUT2D eigenvalue weighted by Gasteiger charge is -2.15. The molecule has 0 fully saturated rings. The first kappa shape index (κ1) is 29.4. The highest BCUT2D eigenvalue weighted by atomic mass is 35.5. The highest BCUT2D eigenvalue weighted by molar-refractivity contribution is 6.34. The fourth-order valence-corrected chi connectivity index (χ4v) is 3.91. The Bertz CT molecular complexity index is 1420. The number of allylic oxidation sites excluding steroid dienone is 2. The topological polar surface area (TPSA) is 104 Å². The Morgan fingerprint density at radius 3 is 2.23 bits per heavy atom. The van der Waals surface area contributed by atoms with Crippen LogP contribution in [0.3, 0.4) is 0 Å². The Morgan fingerprint density at radius 1 is 0.949 bits per heavy atom. The molecule has 0 saturated heterocycles. The van der Waals surface area contributed by atoms with Crippen LogP contribution in [0.1, 0.15) is 32.6 Å². The molecule has 3 aromatic rings. The molecule has 3 rings (SSSR count). The molecule has 3 aromatic carbocycles. The zero-order valence-corrected chi connectivity index (χ0v) is 21.8. The van der Waals surface area contributed by atoms with E-state index in [0.29, 0.717) is 44.6 Å². The number of hydrazine groups is 1. The Kier molecular flexibility index (Phi) is 9.89. The standard InChI is InChI=1S/C27H23Cl2F3N6O/c1-16(20-4-3-5-22(11-20)27(30,31)32)10-25(21-12-23(28)14-24(29)13-21)34-15-18-6-8-19(9-7-18)26(39)35-17(2)36-38-37-33/h3-14,34H,1-2,15H2,(H2,33,38)(H,35,39)(H,36,37)/b25-10-. The molecule has 0 heterocycles. The average molecular weight is 575 g/mol. The average Bonchev–Trinajstić information content (AvgIpc) is 2.89. The van der Waals surface area contributed by atoms with Crippen LogP contribution in [-0.2, 0) is 12.7 Å². The van der Waals surface area contributed by atoms with Crippen LogP contribution in [0.25, 0.3) is 11.3 Å². The molecule has 0 unspecified atom stereocenters. The van der Waals surface area contributed by atoms with E-state index in [-0.39, 0.29) is 5.82 Å². The second-order valence-electron chi connectivity index (χ2n) is 8.10. The van der Waals surface area contributed by atoms with Crippen molar-refractivity contribution in [3.63, 3.8) is 0 Å². The maximum Gasteiger partial charge on any atom is 0.416 e. The summed E-state index contributed by atoms with van der Waals surface area (Å²) in [5, 5.41) is 13.3. The third-order valence-electron chi connectivity index (χ3n) is 5.24. The number of hydrogen-bond donors (Lipinski definition) is 4. The fourth-order valence-electron chi connectivity index (χ4n) is 3.39. The molecule has 0 atom stereocenters. The summed E-state index contributed by atoms with van der Waals surface area (Å²) in [7, 11) is 0. The summed E-state index contributed by atoms with van der Waals surface area (Å²) in [5.41, 5.74) is 4.12. The minimum atomic E-state index is -4.48. The third kappa shape index (κ3) is 8.71. The molecule has 0 bridgehead atoms. The van der Waals surface area contributed by atoms with Crippen LogP contribution in [0.15, 0.2) is 102 Å². The number of nitrogens with two attached hydrogens (primary N) is 1. The zero-order chi connectivity index (χ0) is 28.6. The van der Waals surface area contributed by atoms with E-state index in [1.165, 1.54) is 6.07 Å². The number of carbonyl (C=O) groups is 1. The molecule has 39 heavy (non-hydrogen) atoms. The van der Waals surface area contributed by atoms with Crippen molar-refractivity contribution in [2.45, 2.75) is 12.7 Å². The Morgan fingerprint density at radius 2 is 1.62 bits per heavy atom. The predicted molar refractivity (Wildman–Crippen MR) is 147 cm³/mol. The molecule has 5 N–H and O–H groups in total. The lowest BCUT2D eigenvalue weighted by molar-refractivity contribution is -0.137. The molecular formula is C27H23Cl2F3N6O. The van der Waals surface area contributed by atoms with E-state index in [0.717, 1.165) is 17.7 Å². The molecule has 0 saturated carbocycles. The van der Waals surface area contributed by atoms with Crippen molar-refractivity contribution in [1.82, 2.24) is 16.2 Å². The summed E-state index contributed by atoms with van der Waals surface area (Å²) in [6, 6.07) is 16.5. The van der Waals surface area contributed by atoms with E-state index >= 15 is 0 Å². The summed E-state index contributed by atoms with van der Waals surface area (Å²) in [6.45, 7) is 7.80. The van der Waals surface area contributed by atoms with E-state index in [1.807, 2.05) is 5.53 Å². The largest absolute Gasteiger partial charge is 0.416 e. The number of benzene rings is 3. The van der Waals surface area contributed by atoms with Gasteiger partial charge in [0.25, 0.3) is 5.91 Å². The number of halogens is 5. The van der Waals surface area contributed by atoms with Gasteiger partial charge >= 0.3 is 6.18 Å². The summed E-state index contributed by atoms with van der Waals surface area (Å²) in [6.07, 6.45) is -2.86. The van der Waals surface area contributed by atoms with Gasteiger partial charge in [-0.05, 0) is 65.2 Å². The molecule has 1 amide bonds. The minimum absolute atomic E-state index is 0.000320. The summed E-state index contributed by atoms with van der Waals surface area (Å²) < 4.78 is 39.6. The van der Waals surface area contributed by atoms with Crippen molar-refractivity contribution in [2.75, 3.05) is 0 Å². The Labute approximate surface area is 232 Å². The van der Waals surface area contributed by atoms with Crippen LogP contribution in [0.5, 0.6) is 0 Å². The van der Waals surface area contributed by atoms with E-state index < -0.39 is 17.6 Å². The number of alkyl halides is 3.